The highest BCUT2D eigenvalue weighted by Crippen LogP contribution is 2.40. The molecule has 3 atom stereocenters. The zero-order valence-electron chi connectivity index (χ0n) is 13.4. The highest BCUT2D eigenvalue weighted by Gasteiger charge is 2.45. The number of thiophene rings is 1. The number of hydrogen-bond acceptors (Lipinski definition) is 5. The van der Waals surface area contributed by atoms with Crippen molar-refractivity contribution in [1.82, 2.24) is 9.80 Å². The molecule has 2 aliphatic heterocycles. The first-order valence-electron chi connectivity index (χ1n) is 7.88. The van der Waals surface area contributed by atoms with E-state index in [9.17, 15) is 14.4 Å². The minimum Gasteiger partial charge on any atom is -0.481 e. The molecule has 0 aromatic carbocycles. The van der Waals surface area contributed by atoms with Crippen molar-refractivity contribution in [1.29, 1.82) is 0 Å². The summed E-state index contributed by atoms with van der Waals surface area (Å²) in [6.07, 6.45) is -0.421. The maximum absolute atomic E-state index is 13.0. The second-order valence-electron chi connectivity index (χ2n) is 6.15. The zero-order chi connectivity index (χ0) is 17.3. The van der Waals surface area contributed by atoms with E-state index < -0.39 is 18.0 Å². The molecule has 0 spiro atoms. The minimum atomic E-state index is -0.943. The van der Waals surface area contributed by atoms with Crippen LogP contribution in [-0.4, -0.2) is 65.5 Å². The number of carboxylic acid groups (broad SMARTS) is 1. The van der Waals surface area contributed by atoms with E-state index in [4.69, 9.17) is 9.84 Å². The molecular formula is C16H20N2O5S. The van der Waals surface area contributed by atoms with Gasteiger partial charge in [-0.15, -0.1) is 11.3 Å². The zero-order valence-corrected chi connectivity index (χ0v) is 14.2. The lowest BCUT2D eigenvalue weighted by atomic mass is 9.96. The molecule has 7 nitrogen and oxygen atoms in total. The third-order valence-corrected chi connectivity index (χ3v) is 5.53. The number of morpholine rings is 1. The molecule has 2 fully saturated rings. The molecule has 0 saturated carbocycles. The van der Waals surface area contributed by atoms with Crippen molar-refractivity contribution in [2.24, 2.45) is 5.92 Å². The quantitative estimate of drug-likeness (QED) is 0.872. The van der Waals surface area contributed by atoms with E-state index in [1.807, 2.05) is 17.5 Å². The molecule has 0 unspecified atom stereocenters. The van der Waals surface area contributed by atoms with Crippen LogP contribution < -0.4 is 0 Å². The minimum absolute atomic E-state index is 0.0397. The monoisotopic (exact) mass is 352 g/mol. The fourth-order valence-electron chi connectivity index (χ4n) is 3.41. The van der Waals surface area contributed by atoms with E-state index in [1.165, 1.54) is 11.3 Å². The molecule has 0 bridgehead atoms. The molecule has 2 aliphatic rings. The Morgan fingerprint density at radius 1 is 1.46 bits per heavy atom. The van der Waals surface area contributed by atoms with Crippen LogP contribution >= 0.6 is 11.3 Å². The van der Waals surface area contributed by atoms with Crippen molar-refractivity contribution < 1.29 is 24.2 Å². The summed E-state index contributed by atoms with van der Waals surface area (Å²) in [6.45, 7) is 1.01. The van der Waals surface area contributed by atoms with Crippen LogP contribution in [0.15, 0.2) is 17.5 Å². The number of amides is 2. The van der Waals surface area contributed by atoms with Gasteiger partial charge >= 0.3 is 5.97 Å². The van der Waals surface area contributed by atoms with Gasteiger partial charge < -0.3 is 19.6 Å². The van der Waals surface area contributed by atoms with Crippen LogP contribution in [0.25, 0.3) is 0 Å². The number of carboxylic acids is 1. The van der Waals surface area contributed by atoms with Crippen LogP contribution in [0.3, 0.4) is 0 Å². The third kappa shape index (κ3) is 3.29. The summed E-state index contributed by atoms with van der Waals surface area (Å²) in [6, 6.07) is 3.61. The summed E-state index contributed by atoms with van der Waals surface area (Å²) in [5.74, 6) is -1.50. The number of ether oxygens (including phenoxy) is 1. The fraction of sp³-hybridized carbons (Fsp3) is 0.562. The number of carbonyl (C=O) groups excluding carboxylic acids is 2. The molecule has 1 aromatic heterocycles. The van der Waals surface area contributed by atoms with E-state index in [1.54, 1.807) is 16.8 Å². The number of nitrogens with zero attached hydrogens (tertiary/aromatic N) is 2. The molecule has 3 rings (SSSR count). The van der Waals surface area contributed by atoms with Crippen molar-refractivity contribution >= 4 is 29.1 Å². The number of hydrogen-bond donors (Lipinski definition) is 1. The summed E-state index contributed by atoms with van der Waals surface area (Å²) in [7, 11) is 1.73. The topological polar surface area (TPSA) is 87.2 Å². The average molecular weight is 352 g/mol. The first kappa shape index (κ1) is 16.9. The summed E-state index contributed by atoms with van der Waals surface area (Å²) >= 11 is 1.54. The number of rotatable bonds is 4. The fourth-order valence-corrected chi connectivity index (χ4v) is 4.35. The maximum Gasteiger partial charge on any atom is 0.306 e. The van der Waals surface area contributed by atoms with Gasteiger partial charge in [0.1, 0.15) is 0 Å². The van der Waals surface area contributed by atoms with Gasteiger partial charge in [0, 0.05) is 31.4 Å². The molecule has 3 heterocycles. The van der Waals surface area contributed by atoms with Gasteiger partial charge in [0.25, 0.3) is 0 Å². The van der Waals surface area contributed by atoms with E-state index in [0.717, 1.165) is 4.88 Å². The van der Waals surface area contributed by atoms with Crippen molar-refractivity contribution in [2.75, 3.05) is 26.7 Å². The van der Waals surface area contributed by atoms with Gasteiger partial charge in [0.15, 0.2) is 0 Å². The summed E-state index contributed by atoms with van der Waals surface area (Å²) in [5, 5.41) is 10.8. The van der Waals surface area contributed by atoms with Crippen molar-refractivity contribution in [3.05, 3.63) is 22.4 Å². The van der Waals surface area contributed by atoms with Gasteiger partial charge in [-0.05, 0) is 11.4 Å². The molecule has 1 N–H and O–H groups in total. The van der Waals surface area contributed by atoms with Gasteiger partial charge in [-0.25, -0.2) is 0 Å². The van der Waals surface area contributed by atoms with Crippen LogP contribution in [0, 0.1) is 5.92 Å². The highest BCUT2D eigenvalue weighted by molar-refractivity contribution is 7.10. The van der Waals surface area contributed by atoms with E-state index >= 15 is 0 Å². The molecule has 0 aliphatic carbocycles. The lowest BCUT2D eigenvalue weighted by Gasteiger charge is -2.35. The summed E-state index contributed by atoms with van der Waals surface area (Å²) in [4.78, 5) is 40.3. The second kappa shape index (κ2) is 6.90. The number of aliphatic carboxylic acids is 1. The second-order valence-corrected chi connectivity index (χ2v) is 7.13. The van der Waals surface area contributed by atoms with E-state index in [0.29, 0.717) is 13.2 Å². The van der Waals surface area contributed by atoms with Crippen molar-refractivity contribution in [2.45, 2.75) is 25.0 Å². The van der Waals surface area contributed by atoms with Crippen molar-refractivity contribution in [3.8, 4) is 0 Å². The van der Waals surface area contributed by atoms with Gasteiger partial charge in [-0.3, -0.25) is 14.4 Å². The maximum atomic E-state index is 13.0. The summed E-state index contributed by atoms with van der Waals surface area (Å²) < 4.78 is 5.42. The Bertz CT molecular complexity index is 632. The largest absolute Gasteiger partial charge is 0.481 e. The Labute approximate surface area is 143 Å². The normalized spacial score (nSPS) is 27.5. The molecule has 1 aromatic rings. The first-order valence-corrected chi connectivity index (χ1v) is 8.76. The van der Waals surface area contributed by atoms with Gasteiger partial charge in [-0.1, -0.05) is 6.07 Å². The number of carbonyl (C=O) groups is 3. The molecule has 0 radical (unpaired) electrons. The highest BCUT2D eigenvalue weighted by atomic mass is 32.1. The van der Waals surface area contributed by atoms with Crippen LogP contribution in [-0.2, 0) is 19.1 Å². The molecule has 2 saturated heterocycles. The Balaban J connectivity index is 1.75. The van der Waals surface area contributed by atoms with E-state index in [2.05, 4.69) is 0 Å². The van der Waals surface area contributed by atoms with Gasteiger partial charge in [0.05, 0.1) is 31.1 Å². The number of likely N-dealkylation sites (tertiary alicyclic amines) is 1. The predicted octanol–water partition coefficient (Wildman–Crippen LogP) is 0.970. The Morgan fingerprint density at radius 2 is 2.25 bits per heavy atom. The van der Waals surface area contributed by atoms with E-state index in [-0.39, 0.29) is 37.2 Å². The average Bonchev–Trinajstić information content (AvgIpc) is 3.15. The lowest BCUT2D eigenvalue weighted by Crippen LogP contribution is -2.49. The van der Waals surface area contributed by atoms with Crippen LogP contribution in [0.2, 0.25) is 0 Å². The van der Waals surface area contributed by atoms with Gasteiger partial charge in [-0.2, -0.15) is 0 Å². The third-order valence-electron chi connectivity index (χ3n) is 4.59. The Morgan fingerprint density at radius 3 is 2.92 bits per heavy atom. The standard InChI is InChI=1S/C16H20N2O5S/c1-17-13(19)8-11(15(17)12-3-2-6-24-12)16(22)18-4-5-23-10(9-18)7-14(20)21/h2-3,6,10-11,15H,4-5,7-9H2,1H3,(H,20,21)/t10-,11-,15-/m0/s1. The first-order chi connectivity index (χ1) is 11.5. The Hall–Kier alpha value is -1.93. The van der Waals surface area contributed by atoms with Crippen LogP contribution in [0.1, 0.15) is 23.8 Å². The SMILES string of the molecule is CN1C(=O)C[C@H](C(=O)N2CCO[C@@H](CC(=O)O)C2)[C@H]1c1cccs1. The van der Waals surface area contributed by atoms with Crippen molar-refractivity contribution in [3.63, 3.8) is 0 Å². The molecule has 130 valence electrons. The van der Waals surface area contributed by atoms with Crippen LogP contribution in [0.4, 0.5) is 0 Å². The summed E-state index contributed by atoms with van der Waals surface area (Å²) in [5.41, 5.74) is 0. The smallest absolute Gasteiger partial charge is 0.306 e. The van der Waals surface area contributed by atoms with Gasteiger partial charge in [0.2, 0.25) is 11.8 Å². The lowest BCUT2D eigenvalue weighted by molar-refractivity contribution is -0.150. The predicted molar refractivity (Wildman–Crippen MR) is 86.5 cm³/mol. The molecule has 8 heteroatoms. The Kier molecular flexibility index (Phi) is 4.86. The van der Waals surface area contributed by atoms with Crippen LogP contribution in [0.5, 0.6) is 0 Å². The molecular weight excluding hydrogens is 332 g/mol. The molecule has 2 amide bonds. The molecule has 24 heavy (non-hydrogen) atoms.